The molecule has 30 heavy (non-hydrogen) atoms. The molecule has 0 aliphatic heterocycles. The second-order valence-corrected chi connectivity index (χ2v) is 6.90. The zero-order valence-corrected chi connectivity index (χ0v) is 16.9. The summed E-state index contributed by atoms with van der Waals surface area (Å²) in [7, 11) is 0. The van der Waals surface area contributed by atoms with Gasteiger partial charge in [0.2, 0.25) is 5.91 Å². The first-order chi connectivity index (χ1) is 14.5. The van der Waals surface area contributed by atoms with Crippen molar-refractivity contribution < 1.29 is 4.79 Å². The van der Waals surface area contributed by atoms with Gasteiger partial charge in [0.25, 0.3) is 5.56 Å². The number of carbonyl (C=O) groups excluding carboxylic acids is 1. The molecule has 0 saturated heterocycles. The average Bonchev–Trinajstić information content (AvgIpc) is 2.75. The van der Waals surface area contributed by atoms with Gasteiger partial charge in [0.05, 0.1) is 5.71 Å². The zero-order valence-electron chi connectivity index (χ0n) is 16.9. The Bertz CT molecular complexity index is 1130. The van der Waals surface area contributed by atoms with Gasteiger partial charge < -0.3 is 4.98 Å². The molecule has 0 atom stereocenters. The van der Waals surface area contributed by atoms with E-state index in [2.05, 4.69) is 15.5 Å². The second kappa shape index (κ2) is 9.48. The third-order valence-electron chi connectivity index (χ3n) is 4.91. The van der Waals surface area contributed by atoms with Crippen molar-refractivity contribution in [1.29, 1.82) is 5.26 Å². The minimum absolute atomic E-state index is 0.0875. The Balaban J connectivity index is 1.78. The van der Waals surface area contributed by atoms with Crippen molar-refractivity contribution in [3.05, 3.63) is 105 Å². The number of H-pyrrole nitrogens is 1. The lowest BCUT2D eigenvalue weighted by atomic mass is 9.99. The van der Waals surface area contributed by atoms with Crippen molar-refractivity contribution >= 4 is 11.6 Å². The number of aromatic nitrogens is 1. The van der Waals surface area contributed by atoms with E-state index in [1.165, 1.54) is 0 Å². The summed E-state index contributed by atoms with van der Waals surface area (Å²) in [5.74, 6) is -0.247. The quantitative estimate of drug-likeness (QED) is 0.492. The van der Waals surface area contributed by atoms with E-state index < -0.39 is 5.56 Å². The van der Waals surface area contributed by atoms with E-state index in [-0.39, 0.29) is 17.9 Å². The van der Waals surface area contributed by atoms with Gasteiger partial charge >= 0.3 is 0 Å². The van der Waals surface area contributed by atoms with Crippen LogP contribution >= 0.6 is 0 Å². The molecule has 1 aromatic heterocycles. The molecule has 0 radical (unpaired) electrons. The van der Waals surface area contributed by atoms with E-state index in [9.17, 15) is 14.9 Å². The maximum atomic E-state index is 12.5. The fourth-order valence-electron chi connectivity index (χ4n) is 3.32. The maximum absolute atomic E-state index is 12.5. The molecule has 2 N–H and O–H groups in total. The number of hydrogen-bond acceptors (Lipinski definition) is 4. The van der Waals surface area contributed by atoms with Gasteiger partial charge in [-0.25, -0.2) is 5.43 Å². The molecule has 0 saturated carbocycles. The summed E-state index contributed by atoms with van der Waals surface area (Å²) in [6.07, 6.45) is 0.579. The highest BCUT2D eigenvalue weighted by molar-refractivity contribution is 6.13. The van der Waals surface area contributed by atoms with Gasteiger partial charge in [-0.3, -0.25) is 9.59 Å². The molecule has 0 aliphatic carbocycles. The lowest BCUT2D eigenvalue weighted by Gasteiger charge is -2.11. The van der Waals surface area contributed by atoms with Crippen molar-refractivity contribution in [2.24, 2.45) is 5.10 Å². The molecule has 0 fully saturated rings. The van der Waals surface area contributed by atoms with E-state index in [0.29, 0.717) is 23.4 Å². The molecular weight excluding hydrogens is 376 g/mol. The number of nitrogens with one attached hydrogen (secondary N) is 2. The Hall–Kier alpha value is -3.98. The van der Waals surface area contributed by atoms with Crippen molar-refractivity contribution in [2.45, 2.75) is 26.7 Å². The van der Waals surface area contributed by atoms with Gasteiger partial charge in [-0.1, -0.05) is 60.7 Å². The summed E-state index contributed by atoms with van der Waals surface area (Å²) in [5.41, 5.74) is 6.88. The number of hydrazone groups is 1. The molecule has 0 spiro atoms. The van der Waals surface area contributed by atoms with Crippen LogP contribution in [-0.2, 0) is 11.2 Å². The Morgan fingerprint density at radius 2 is 1.60 bits per heavy atom. The fourth-order valence-corrected chi connectivity index (χ4v) is 3.32. The van der Waals surface area contributed by atoms with Crippen molar-refractivity contribution in [1.82, 2.24) is 10.4 Å². The maximum Gasteiger partial charge on any atom is 0.266 e. The number of aromatic amines is 1. The van der Waals surface area contributed by atoms with Gasteiger partial charge in [0, 0.05) is 23.2 Å². The van der Waals surface area contributed by atoms with Crippen LogP contribution in [0.25, 0.3) is 0 Å². The Morgan fingerprint density at radius 3 is 2.13 bits per heavy atom. The summed E-state index contributed by atoms with van der Waals surface area (Å²) in [4.78, 5) is 27.0. The molecular formula is C24H22N4O2. The number of nitrogens with zero attached hydrogens (tertiary/aromatic N) is 2. The van der Waals surface area contributed by atoms with Crippen LogP contribution in [0.5, 0.6) is 0 Å². The van der Waals surface area contributed by atoms with E-state index >= 15 is 0 Å². The molecule has 0 unspecified atom stereocenters. The van der Waals surface area contributed by atoms with Crippen molar-refractivity contribution in [2.75, 3.05) is 0 Å². The highest BCUT2D eigenvalue weighted by Crippen LogP contribution is 2.15. The lowest BCUT2D eigenvalue weighted by Crippen LogP contribution is -2.22. The highest BCUT2D eigenvalue weighted by Gasteiger charge is 2.14. The topological polar surface area (TPSA) is 98.1 Å². The average molecular weight is 398 g/mol. The number of benzene rings is 2. The molecule has 150 valence electrons. The number of aryl methyl sites for hydroxylation is 1. The zero-order chi connectivity index (χ0) is 21.5. The largest absolute Gasteiger partial charge is 0.325 e. The minimum atomic E-state index is -0.402. The summed E-state index contributed by atoms with van der Waals surface area (Å²) in [6, 6.07) is 21.2. The van der Waals surface area contributed by atoms with Crippen LogP contribution in [-0.4, -0.2) is 16.6 Å². The molecule has 0 aliphatic rings. The number of amides is 1. The molecule has 1 amide bonds. The first kappa shape index (κ1) is 20.7. The second-order valence-electron chi connectivity index (χ2n) is 6.90. The Kier molecular flexibility index (Phi) is 6.56. The summed E-state index contributed by atoms with van der Waals surface area (Å²) < 4.78 is 0. The van der Waals surface area contributed by atoms with Crippen LogP contribution in [0.4, 0.5) is 0 Å². The van der Waals surface area contributed by atoms with Crippen LogP contribution < -0.4 is 11.0 Å². The highest BCUT2D eigenvalue weighted by atomic mass is 16.2. The first-order valence-electron chi connectivity index (χ1n) is 9.61. The van der Waals surface area contributed by atoms with Gasteiger partial charge in [-0.15, -0.1) is 0 Å². The van der Waals surface area contributed by atoms with Crippen molar-refractivity contribution in [3.8, 4) is 6.07 Å². The molecule has 2 aromatic carbocycles. The normalized spacial score (nSPS) is 10.2. The summed E-state index contributed by atoms with van der Waals surface area (Å²) in [6.45, 7) is 3.50. The van der Waals surface area contributed by atoms with Crippen LogP contribution in [0.3, 0.4) is 0 Å². The van der Waals surface area contributed by atoms with E-state index in [4.69, 9.17) is 0 Å². The van der Waals surface area contributed by atoms with Crippen LogP contribution in [0.2, 0.25) is 0 Å². The Labute approximate surface area is 174 Å². The SMILES string of the molecule is Cc1[nH]c(=O)c(C#N)c(C)c1CCC(=O)NN=C(c1ccccc1)c1ccccc1. The van der Waals surface area contributed by atoms with Gasteiger partial charge in [-0.2, -0.15) is 10.4 Å². The number of hydrogen-bond donors (Lipinski definition) is 2. The smallest absolute Gasteiger partial charge is 0.266 e. The van der Waals surface area contributed by atoms with Crippen LogP contribution in [0.1, 0.15) is 39.9 Å². The molecule has 0 bridgehead atoms. The number of rotatable bonds is 6. The molecule has 6 nitrogen and oxygen atoms in total. The minimum Gasteiger partial charge on any atom is -0.325 e. The van der Waals surface area contributed by atoms with Gasteiger partial charge in [0.15, 0.2) is 0 Å². The van der Waals surface area contributed by atoms with Crippen molar-refractivity contribution in [3.63, 3.8) is 0 Å². The lowest BCUT2D eigenvalue weighted by molar-refractivity contribution is -0.121. The molecule has 3 aromatic rings. The third kappa shape index (κ3) is 4.70. The fraction of sp³-hybridized carbons (Fsp3) is 0.167. The summed E-state index contributed by atoms with van der Waals surface area (Å²) >= 11 is 0. The van der Waals surface area contributed by atoms with E-state index in [1.54, 1.807) is 13.8 Å². The number of carbonyl (C=O) groups is 1. The molecule has 6 heteroatoms. The molecule has 1 heterocycles. The number of nitriles is 1. The first-order valence-corrected chi connectivity index (χ1v) is 9.61. The number of pyridine rings is 1. The monoisotopic (exact) mass is 398 g/mol. The standard InChI is InChI=1S/C24H22N4O2/c1-16-20(17(2)26-24(30)21(16)15-25)13-14-22(29)27-28-23(18-9-5-3-6-10-18)19-11-7-4-8-12-19/h3-12H,13-14H2,1-2H3,(H,26,30)(H,27,29). The predicted octanol–water partition coefficient (Wildman–Crippen LogP) is 3.36. The Morgan fingerprint density at radius 1 is 1.03 bits per heavy atom. The van der Waals surface area contributed by atoms with E-state index in [1.807, 2.05) is 66.7 Å². The van der Waals surface area contributed by atoms with E-state index in [0.717, 1.165) is 16.7 Å². The third-order valence-corrected chi connectivity index (χ3v) is 4.91. The predicted molar refractivity (Wildman–Crippen MR) is 116 cm³/mol. The van der Waals surface area contributed by atoms with Gasteiger partial charge in [0.1, 0.15) is 11.6 Å². The molecule has 3 rings (SSSR count). The van der Waals surface area contributed by atoms with Gasteiger partial charge in [-0.05, 0) is 31.4 Å². The summed E-state index contributed by atoms with van der Waals surface area (Å²) in [5, 5.41) is 13.6. The van der Waals surface area contributed by atoms with Crippen LogP contribution in [0, 0.1) is 25.2 Å². The van der Waals surface area contributed by atoms with Crippen LogP contribution in [0.15, 0.2) is 70.6 Å².